The molecular weight excluding hydrogens is 414 g/mol. The Morgan fingerprint density at radius 1 is 0.903 bits per heavy atom. The molecule has 0 N–H and O–H groups in total. The number of amides is 1. The van der Waals surface area contributed by atoms with Crippen molar-refractivity contribution in [2.45, 2.75) is 31.0 Å². The van der Waals surface area contributed by atoms with Crippen molar-refractivity contribution >= 4 is 21.6 Å². The number of rotatable bonds is 4. The fourth-order valence-corrected chi connectivity index (χ4v) is 5.76. The number of sulfonamides is 1. The van der Waals surface area contributed by atoms with Gasteiger partial charge in [-0.25, -0.2) is 8.42 Å². The van der Waals surface area contributed by atoms with Gasteiger partial charge in [-0.3, -0.25) is 4.79 Å². The third-order valence-electron chi connectivity index (χ3n) is 5.79. The van der Waals surface area contributed by atoms with Crippen molar-refractivity contribution in [1.82, 2.24) is 9.21 Å². The SMILES string of the molecule is C[C@@H]1CN(C(=O)c2cccc(S(=O)(=O)N3CCN(c4ccccc4)CC3)c2)C[C@@H](C)O1. The minimum Gasteiger partial charge on any atom is -0.372 e. The van der Waals surface area contributed by atoms with E-state index in [1.54, 1.807) is 23.1 Å². The average molecular weight is 444 g/mol. The lowest BCUT2D eigenvalue weighted by atomic mass is 10.1. The first-order chi connectivity index (χ1) is 14.8. The lowest BCUT2D eigenvalue weighted by molar-refractivity contribution is -0.0586. The number of carbonyl (C=O) groups is 1. The molecule has 0 aromatic heterocycles. The predicted octanol–water partition coefficient (Wildman–Crippen LogP) is 2.45. The van der Waals surface area contributed by atoms with Crippen LogP contribution in [0.15, 0.2) is 59.5 Å². The van der Waals surface area contributed by atoms with Crippen LogP contribution in [0.25, 0.3) is 0 Å². The molecule has 2 aliphatic rings. The topological polar surface area (TPSA) is 70.2 Å². The standard InChI is InChI=1S/C23H29N3O4S/c1-18-16-25(17-19(2)30-18)23(27)20-7-6-10-22(15-20)31(28,29)26-13-11-24(12-14-26)21-8-4-3-5-9-21/h3-10,15,18-19H,11-14,16-17H2,1-2H3/t18-,19-/m1/s1. The molecule has 2 aliphatic heterocycles. The minimum atomic E-state index is -3.66. The van der Waals surface area contributed by atoms with Crippen LogP contribution in [0.4, 0.5) is 5.69 Å². The first-order valence-electron chi connectivity index (χ1n) is 10.7. The van der Waals surface area contributed by atoms with Gasteiger partial charge in [0, 0.05) is 50.5 Å². The minimum absolute atomic E-state index is 0.0412. The number of para-hydroxylation sites is 1. The summed E-state index contributed by atoms with van der Waals surface area (Å²) in [6, 6.07) is 16.4. The van der Waals surface area contributed by atoms with Gasteiger partial charge in [-0.05, 0) is 44.2 Å². The van der Waals surface area contributed by atoms with Crippen LogP contribution in [-0.4, -0.2) is 75.0 Å². The van der Waals surface area contributed by atoms with Gasteiger partial charge in [-0.1, -0.05) is 24.3 Å². The van der Waals surface area contributed by atoms with Crippen molar-refractivity contribution in [1.29, 1.82) is 0 Å². The van der Waals surface area contributed by atoms with Gasteiger partial charge in [-0.2, -0.15) is 4.31 Å². The Morgan fingerprint density at radius 3 is 2.19 bits per heavy atom. The van der Waals surface area contributed by atoms with Crippen LogP contribution in [0.2, 0.25) is 0 Å². The number of anilines is 1. The zero-order valence-corrected chi connectivity index (χ0v) is 18.8. The Balaban J connectivity index is 1.47. The monoisotopic (exact) mass is 443 g/mol. The van der Waals surface area contributed by atoms with E-state index in [9.17, 15) is 13.2 Å². The summed E-state index contributed by atoms with van der Waals surface area (Å²) in [6.07, 6.45) is -0.0824. The van der Waals surface area contributed by atoms with E-state index in [2.05, 4.69) is 4.90 Å². The average Bonchev–Trinajstić information content (AvgIpc) is 2.79. The zero-order valence-electron chi connectivity index (χ0n) is 18.0. The number of ether oxygens (including phenoxy) is 1. The van der Waals surface area contributed by atoms with E-state index in [0.29, 0.717) is 44.8 Å². The van der Waals surface area contributed by atoms with Crippen LogP contribution in [0.5, 0.6) is 0 Å². The Hall–Kier alpha value is -2.42. The van der Waals surface area contributed by atoms with Gasteiger partial charge in [0.1, 0.15) is 0 Å². The van der Waals surface area contributed by atoms with Crippen molar-refractivity contribution in [3.63, 3.8) is 0 Å². The zero-order chi connectivity index (χ0) is 22.0. The van der Waals surface area contributed by atoms with Crippen LogP contribution in [-0.2, 0) is 14.8 Å². The highest BCUT2D eigenvalue weighted by Gasteiger charge is 2.31. The van der Waals surface area contributed by atoms with Gasteiger partial charge in [0.25, 0.3) is 5.91 Å². The molecule has 0 radical (unpaired) electrons. The maximum atomic E-state index is 13.2. The number of carbonyl (C=O) groups excluding carboxylic acids is 1. The van der Waals surface area contributed by atoms with Gasteiger partial charge < -0.3 is 14.5 Å². The van der Waals surface area contributed by atoms with Crippen LogP contribution in [0.1, 0.15) is 24.2 Å². The van der Waals surface area contributed by atoms with E-state index in [1.807, 2.05) is 44.2 Å². The van der Waals surface area contributed by atoms with Crippen molar-refractivity contribution in [2.75, 3.05) is 44.2 Å². The maximum absolute atomic E-state index is 13.2. The largest absolute Gasteiger partial charge is 0.372 e. The number of piperazine rings is 1. The van der Waals surface area contributed by atoms with Crippen molar-refractivity contribution < 1.29 is 17.9 Å². The fraction of sp³-hybridized carbons (Fsp3) is 0.435. The highest BCUT2D eigenvalue weighted by atomic mass is 32.2. The lowest BCUT2D eigenvalue weighted by Gasteiger charge is -2.36. The van der Waals surface area contributed by atoms with Crippen LogP contribution in [0.3, 0.4) is 0 Å². The first kappa shape index (κ1) is 21.8. The molecule has 7 nitrogen and oxygen atoms in total. The third-order valence-corrected chi connectivity index (χ3v) is 7.68. The highest BCUT2D eigenvalue weighted by Crippen LogP contribution is 2.23. The molecule has 0 unspecified atom stereocenters. The van der Waals surface area contributed by atoms with E-state index < -0.39 is 10.0 Å². The van der Waals surface area contributed by atoms with Crippen LogP contribution in [0, 0.1) is 0 Å². The smallest absolute Gasteiger partial charge is 0.254 e. The molecule has 166 valence electrons. The number of hydrogen-bond donors (Lipinski definition) is 0. The quantitative estimate of drug-likeness (QED) is 0.726. The van der Waals surface area contributed by atoms with Gasteiger partial charge in [0.2, 0.25) is 10.0 Å². The summed E-state index contributed by atoms with van der Waals surface area (Å²) in [5.41, 5.74) is 1.49. The number of benzene rings is 2. The molecule has 8 heteroatoms. The molecule has 0 aliphatic carbocycles. The Bertz CT molecular complexity index is 1010. The highest BCUT2D eigenvalue weighted by molar-refractivity contribution is 7.89. The van der Waals surface area contributed by atoms with Crippen molar-refractivity contribution in [3.8, 4) is 0 Å². The van der Waals surface area contributed by atoms with Crippen LogP contribution >= 0.6 is 0 Å². The molecule has 2 aromatic rings. The molecule has 0 spiro atoms. The molecule has 1 amide bonds. The van der Waals surface area contributed by atoms with Crippen molar-refractivity contribution in [3.05, 3.63) is 60.2 Å². The molecule has 2 saturated heterocycles. The van der Waals surface area contributed by atoms with E-state index in [0.717, 1.165) is 5.69 Å². The molecule has 0 bridgehead atoms. The third kappa shape index (κ3) is 4.76. The molecule has 2 heterocycles. The summed E-state index contributed by atoms with van der Waals surface area (Å²) in [5.74, 6) is -0.159. The number of hydrogen-bond acceptors (Lipinski definition) is 5. The molecular formula is C23H29N3O4S. The molecule has 2 fully saturated rings. The van der Waals surface area contributed by atoms with Crippen molar-refractivity contribution in [2.24, 2.45) is 0 Å². The molecule has 2 atom stereocenters. The number of nitrogens with zero attached hydrogens (tertiary/aromatic N) is 3. The van der Waals surface area contributed by atoms with Gasteiger partial charge in [-0.15, -0.1) is 0 Å². The van der Waals surface area contributed by atoms with Crippen LogP contribution < -0.4 is 4.90 Å². The second-order valence-corrected chi connectivity index (χ2v) is 10.2. The second kappa shape index (κ2) is 8.98. The van der Waals surface area contributed by atoms with E-state index in [4.69, 9.17) is 4.74 Å². The second-order valence-electron chi connectivity index (χ2n) is 8.22. The summed E-state index contributed by atoms with van der Waals surface area (Å²) < 4.78 is 33.7. The maximum Gasteiger partial charge on any atom is 0.254 e. The van der Waals surface area contributed by atoms with E-state index in [-0.39, 0.29) is 23.0 Å². The van der Waals surface area contributed by atoms with Gasteiger partial charge >= 0.3 is 0 Å². The Morgan fingerprint density at radius 2 is 1.55 bits per heavy atom. The van der Waals surface area contributed by atoms with Gasteiger partial charge in [0.05, 0.1) is 17.1 Å². The normalized spacial score (nSPS) is 23.0. The summed E-state index contributed by atoms with van der Waals surface area (Å²) in [5, 5.41) is 0. The van der Waals surface area contributed by atoms with Gasteiger partial charge in [0.15, 0.2) is 0 Å². The first-order valence-corrected chi connectivity index (χ1v) is 12.1. The molecule has 4 rings (SSSR count). The fourth-order valence-electron chi connectivity index (χ4n) is 4.29. The molecule has 31 heavy (non-hydrogen) atoms. The summed E-state index contributed by atoms with van der Waals surface area (Å²) in [6.45, 7) is 6.96. The summed E-state index contributed by atoms with van der Waals surface area (Å²) in [4.78, 5) is 17.1. The molecule has 0 saturated carbocycles. The molecule has 2 aromatic carbocycles. The summed E-state index contributed by atoms with van der Waals surface area (Å²) in [7, 11) is -3.66. The predicted molar refractivity (Wildman–Crippen MR) is 120 cm³/mol. The Kier molecular flexibility index (Phi) is 6.31. The number of morpholine rings is 1. The Labute approximate surface area is 184 Å². The van der Waals surface area contributed by atoms with E-state index in [1.165, 1.54) is 10.4 Å². The summed E-state index contributed by atoms with van der Waals surface area (Å²) >= 11 is 0. The van der Waals surface area contributed by atoms with E-state index >= 15 is 0 Å². The lowest BCUT2D eigenvalue weighted by Crippen LogP contribution is -2.49.